The van der Waals surface area contributed by atoms with Crippen LogP contribution in [0, 0.1) is 11.3 Å². The fraction of sp³-hybridized carbons (Fsp3) is 0.667. The first-order valence-corrected chi connectivity index (χ1v) is 12.5. The molecule has 148 valence electrons. The average molecular weight is 404 g/mol. The van der Waals surface area contributed by atoms with Crippen molar-refractivity contribution >= 4 is 25.4 Å². The molecule has 0 unspecified atom stereocenters. The van der Waals surface area contributed by atoms with Gasteiger partial charge in [-0.25, -0.2) is 16.8 Å². The minimum atomic E-state index is -3.59. The summed E-state index contributed by atoms with van der Waals surface area (Å²) in [4.78, 5) is 0.00625. The van der Waals surface area contributed by atoms with Gasteiger partial charge in [-0.05, 0) is 31.0 Å². The molecule has 3 atom stereocenters. The van der Waals surface area contributed by atoms with E-state index in [1.54, 1.807) is 13.2 Å². The highest BCUT2D eigenvalue weighted by atomic mass is 32.2. The van der Waals surface area contributed by atoms with Crippen LogP contribution in [0.25, 0.3) is 0 Å². The molecule has 1 aliphatic rings. The molecule has 0 amide bonds. The second-order valence-electron chi connectivity index (χ2n) is 7.28. The molecule has 2 rings (SSSR count). The van der Waals surface area contributed by atoms with Crippen molar-refractivity contribution in [3.05, 3.63) is 18.2 Å². The fourth-order valence-corrected chi connectivity index (χ4v) is 6.01. The molecule has 1 aromatic carbocycles. The minimum Gasteiger partial charge on any atom is -0.380 e. The summed E-state index contributed by atoms with van der Waals surface area (Å²) in [7, 11) is -5.37. The van der Waals surface area contributed by atoms with E-state index in [-0.39, 0.29) is 33.3 Å². The van der Waals surface area contributed by atoms with Crippen LogP contribution in [-0.4, -0.2) is 48.6 Å². The molecule has 8 heteroatoms. The van der Waals surface area contributed by atoms with Crippen LogP contribution in [0.2, 0.25) is 0 Å². The maximum Gasteiger partial charge on any atom is 0.177 e. The molecule has 1 aliphatic carbocycles. The lowest BCUT2D eigenvalue weighted by molar-refractivity contribution is -0.150. The number of rotatable bonds is 7. The molecular formula is C18H29NO5S2. The predicted molar refractivity (Wildman–Crippen MR) is 103 cm³/mol. The van der Waals surface area contributed by atoms with Gasteiger partial charge in [0, 0.05) is 37.0 Å². The fourth-order valence-electron chi connectivity index (χ4n) is 4.42. The van der Waals surface area contributed by atoms with Gasteiger partial charge in [-0.1, -0.05) is 20.8 Å². The van der Waals surface area contributed by atoms with Crippen LogP contribution in [-0.2, 0) is 24.4 Å². The summed E-state index contributed by atoms with van der Waals surface area (Å²) in [5.74, 6) is 0.210. The van der Waals surface area contributed by atoms with Crippen molar-refractivity contribution in [2.24, 2.45) is 11.3 Å². The third-order valence-electron chi connectivity index (χ3n) is 5.85. The Hall–Kier alpha value is -1.12. The number of ether oxygens (including phenoxy) is 1. The van der Waals surface area contributed by atoms with Gasteiger partial charge in [0.25, 0.3) is 0 Å². The number of nitrogens with one attached hydrogen (secondary N) is 1. The standard InChI is InChI=1S/C18H29NO5S2/c1-7-18(8-2)16(12(3)17(18)24-4)19-14-10-9-13(25(5,20)21)11-15(14)26(6,22)23/h9-12,16-17,19H,7-8H2,1-6H3/t12-,16-,17-/m1/s1. The highest BCUT2D eigenvalue weighted by molar-refractivity contribution is 7.91. The molecule has 6 nitrogen and oxygen atoms in total. The molecule has 1 saturated carbocycles. The van der Waals surface area contributed by atoms with Gasteiger partial charge in [-0.3, -0.25) is 0 Å². The van der Waals surface area contributed by atoms with Gasteiger partial charge < -0.3 is 10.1 Å². The monoisotopic (exact) mass is 403 g/mol. The van der Waals surface area contributed by atoms with Crippen molar-refractivity contribution in [1.82, 2.24) is 0 Å². The molecule has 1 fully saturated rings. The highest BCUT2D eigenvalue weighted by Crippen LogP contribution is 2.53. The van der Waals surface area contributed by atoms with Gasteiger partial charge in [-0.2, -0.15) is 0 Å². The quantitative estimate of drug-likeness (QED) is 0.753. The second kappa shape index (κ2) is 7.13. The smallest absolute Gasteiger partial charge is 0.177 e. The zero-order valence-electron chi connectivity index (χ0n) is 16.2. The van der Waals surface area contributed by atoms with Gasteiger partial charge in [0.15, 0.2) is 19.7 Å². The Kier molecular flexibility index (Phi) is 5.81. The number of anilines is 1. The third-order valence-corrected chi connectivity index (χ3v) is 8.10. The first-order chi connectivity index (χ1) is 11.9. The zero-order chi connectivity index (χ0) is 19.9. The molecule has 1 aromatic rings. The van der Waals surface area contributed by atoms with E-state index in [9.17, 15) is 16.8 Å². The number of methoxy groups -OCH3 is 1. The van der Waals surface area contributed by atoms with E-state index in [1.807, 2.05) is 0 Å². The molecule has 0 bridgehead atoms. The number of benzene rings is 1. The average Bonchev–Trinajstić information content (AvgIpc) is 2.55. The van der Waals surface area contributed by atoms with Crippen molar-refractivity contribution in [2.75, 3.05) is 24.9 Å². The Bertz CT molecular complexity index is 873. The van der Waals surface area contributed by atoms with Crippen molar-refractivity contribution in [1.29, 1.82) is 0 Å². The largest absolute Gasteiger partial charge is 0.380 e. The number of sulfone groups is 2. The molecule has 26 heavy (non-hydrogen) atoms. The van der Waals surface area contributed by atoms with Crippen LogP contribution in [0.5, 0.6) is 0 Å². The summed E-state index contributed by atoms with van der Waals surface area (Å²) in [5.41, 5.74) is 0.357. The van der Waals surface area contributed by atoms with Gasteiger partial charge in [0.1, 0.15) is 0 Å². The number of hydrogen-bond donors (Lipinski definition) is 1. The highest BCUT2D eigenvalue weighted by Gasteiger charge is 2.58. The Balaban J connectivity index is 2.50. The Morgan fingerprint density at radius 3 is 2.08 bits per heavy atom. The van der Waals surface area contributed by atoms with E-state index in [4.69, 9.17) is 4.74 Å². The van der Waals surface area contributed by atoms with Gasteiger partial charge in [0.05, 0.1) is 21.6 Å². The van der Waals surface area contributed by atoms with Crippen LogP contribution in [0.4, 0.5) is 5.69 Å². The summed E-state index contributed by atoms with van der Waals surface area (Å²) >= 11 is 0. The van der Waals surface area contributed by atoms with Crippen molar-refractivity contribution in [2.45, 2.75) is 55.5 Å². The Morgan fingerprint density at radius 2 is 1.65 bits per heavy atom. The van der Waals surface area contributed by atoms with Crippen molar-refractivity contribution < 1.29 is 21.6 Å². The maximum atomic E-state index is 12.3. The van der Waals surface area contributed by atoms with Gasteiger partial charge >= 0.3 is 0 Å². The summed E-state index contributed by atoms with van der Waals surface area (Å²) in [6.45, 7) is 6.31. The predicted octanol–water partition coefficient (Wildman–Crippen LogP) is 2.75. The first-order valence-electron chi connectivity index (χ1n) is 8.75. The lowest BCUT2D eigenvalue weighted by Crippen LogP contribution is -2.66. The lowest BCUT2D eigenvalue weighted by atomic mass is 9.53. The van der Waals surface area contributed by atoms with Crippen LogP contribution in [0.1, 0.15) is 33.6 Å². The van der Waals surface area contributed by atoms with E-state index in [1.165, 1.54) is 12.1 Å². The minimum absolute atomic E-state index is 0.00264. The van der Waals surface area contributed by atoms with Gasteiger partial charge in [-0.15, -0.1) is 0 Å². The second-order valence-corrected chi connectivity index (χ2v) is 11.3. The normalized spacial score (nSPS) is 25.5. The molecule has 0 radical (unpaired) electrons. The van der Waals surface area contributed by atoms with Crippen molar-refractivity contribution in [3.63, 3.8) is 0 Å². The molecule has 1 N–H and O–H groups in total. The Morgan fingerprint density at radius 1 is 1.08 bits per heavy atom. The van der Waals surface area contributed by atoms with Gasteiger partial charge in [0.2, 0.25) is 0 Å². The zero-order valence-corrected chi connectivity index (χ0v) is 17.9. The molecule has 0 heterocycles. The van der Waals surface area contributed by atoms with E-state index in [2.05, 4.69) is 26.1 Å². The summed E-state index contributed by atoms with van der Waals surface area (Å²) in [6, 6.07) is 4.29. The summed E-state index contributed by atoms with van der Waals surface area (Å²) < 4.78 is 53.8. The SMILES string of the molecule is CCC1(CC)[C@H](Nc2ccc(S(C)(=O)=O)cc2S(C)(=O)=O)[C@@H](C)[C@H]1OC. The first kappa shape index (κ1) is 21.2. The van der Waals surface area contributed by atoms with Crippen LogP contribution < -0.4 is 5.32 Å². The number of hydrogen-bond acceptors (Lipinski definition) is 6. The van der Waals surface area contributed by atoms with E-state index in [0.717, 1.165) is 25.4 Å². The van der Waals surface area contributed by atoms with Crippen molar-refractivity contribution in [3.8, 4) is 0 Å². The molecule has 0 saturated heterocycles. The van der Waals surface area contributed by atoms with Crippen LogP contribution in [0.15, 0.2) is 28.0 Å². The Labute approximate surface area is 157 Å². The molecule has 0 aliphatic heterocycles. The third kappa shape index (κ3) is 3.51. The summed E-state index contributed by atoms with van der Waals surface area (Å²) in [6.07, 6.45) is 4.07. The molecule has 0 spiro atoms. The summed E-state index contributed by atoms with van der Waals surface area (Å²) in [5, 5.41) is 3.39. The van der Waals surface area contributed by atoms with E-state index >= 15 is 0 Å². The van der Waals surface area contributed by atoms with Crippen LogP contribution in [0.3, 0.4) is 0 Å². The topological polar surface area (TPSA) is 89.5 Å². The van der Waals surface area contributed by atoms with E-state index in [0.29, 0.717) is 5.69 Å². The van der Waals surface area contributed by atoms with Crippen LogP contribution >= 0.6 is 0 Å². The maximum absolute atomic E-state index is 12.3. The molecule has 0 aromatic heterocycles. The van der Waals surface area contributed by atoms with E-state index < -0.39 is 19.7 Å². The molecular weight excluding hydrogens is 374 g/mol. The lowest BCUT2D eigenvalue weighted by Gasteiger charge is -2.60.